The van der Waals surface area contributed by atoms with E-state index in [-0.39, 0.29) is 5.82 Å². The van der Waals surface area contributed by atoms with E-state index in [0.29, 0.717) is 11.9 Å². The third-order valence-electron chi connectivity index (χ3n) is 2.08. The Balaban J connectivity index is 2.25. The van der Waals surface area contributed by atoms with Crippen molar-refractivity contribution in [2.45, 2.75) is 18.9 Å². The summed E-state index contributed by atoms with van der Waals surface area (Å²) in [4.78, 5) is 9.35. The molecule has 64 valence electrons. The van der Waals surface area contributed by atoms with Gasteiger partial charge in [-0.3, -0.25) is 0 Å². The average molecular weight is 167 g/mol. The fourth-order valence-electron chi connectivity index (χ4n) is 1.20. The zero-order valence-corrected chi connectivity index (χ0v) is 6.87. The number of nitrogens with zero attached hydrogens (tertiary/aromatic N) is 3. The fourth-order valence-corrected chi connectivity index (χ4v) is 1.20. The average Bonchev–Trinajstić information content (AvgIpc) is 2.86. The van der Waals surface area contributed by atoms with Crippen LogP contribution in [0, 0.1) is 5.82 Å². The van der Waals surface area contributed by atoms with Crippen molar-refractivity contribution in [2.75, 3.05) is 11.9 Å². The van der Waals surface area contributed by atoms with E-state index in [9.17, 15) is 4.39 Å². The van der Waals surface area contributed by atoms with E-state index in [1.54, 1.807) is 0 Å². The zero-order chi connectivity index (χ0) is 8.55. The van der Waals surface area contributed by atoms with E-state index >= 15 is 0 Å². The Morgan fingerprint density at radius 2 is 2.33 bits per heavy atom. The summed E-state index contributed by atoms with van der Waals surface area (Å²) in [5.74, 6) is 0.0689. The van der Waals surface area contributed by atoms with Crippen LogP contribution in [0.25, 0.3) is 0 Å². The maximum atomic E-state index is 13.1. The third-order valence-corrected chi connectivity index (χ3v) is 2.08. The van der Waals surface area contributed by atoms with Gasteiger partial charge in [0.25, 0.3) is 0 Å². The predicted molar refractivity (Wildman–Crippen MR) is 43.4 cm³/mol. The lowest BCUT2D eigenvalue weighted by Crippen LogP contribution is -2.21. The van der Waals surface area contributed by atoms with Gasteiger partial charge in [-0.25, -0.2) is 14.4 Å². The molecule has 0 N–H and O–H groups in total. The molecule has 12 heavy (non-hydrogen) atoms. The van der Waals surface area contributed by atoms with Crippen LogP contribution in [0.3, 0.4) is 0 Å². The van der Waals surface area contributed by atoms with Gasteiger partial charge in [0.1, 0.15) is 6.33 Å². The molecule has 1 aromatic heterocycles. The molecule has 1 saturated carbocycles. The van der Waals surface area contributed by atoms with Gasteiger partial charge in [-0.15, -0.1) is 0 Å². The monoisotopic (exact) mass is 167 g/mol. The van der Waals surface area contributed by atoms with E-state index < -0.39 is 0 Å². The van der Waals surface area contributed by atoms with Crippen molar-refractivity contribution in [3.8, 4) is 0 Å². The lowest BCUT2D eigenvalue weighted by Gasteiger charge is -2.16. The molecule has 0 amide bonds. The number of aromatic nitrogens is 2. The van der Waals surface area contributed by atoms with Gasteiger partial charge in [0.05, 0.1) is 6.20 Å². The SMILES string of the molecule is CN(c1ncncc1F)C1CC1. The maximum Gasteiger partial charge on any atom is 0.183 e. The largest absolute Gasteiger partial charge is 0.354 e. The Morgan fingerprint density at radius 3 is 2.92 bits per heavy atom. The molecule has 1 fully saturated rings. The summed E-state index contributed by atoms with van der Waals surface area (Å²) >= 11 is 0. The fraction of sp³-hybridized carbons (Fsp3) is 0.500. The van der Waals surface area contributed by atoms with Crippen molar-refractivity contribution >= 4 is 5.82 Å². The Bertz CT molecular complexity index is 285. The van der Waals surface area contributed by atoms with Crippen LogP contribution >= 0.6 is 0 Å². The zero-order valence-electron chi connectivity index (χ0n) is 6.87. The summed E-state index contributed by atoms with van der Waals surface area (Å²) in [6.07, 6.45) is 4.85. The Hall–Kier alpha value is -1.19. The highest BCUT2D eigenvalue weighted by Gasteiger charge is 2.28. The van der Waals surface area contributed by atoms with E-state index in [1.807, 2.05) is 11.9 Å². The Labute approximate surface area is 70.3 Å². The maximum absolute atomic E-state index is 13.1. The van der Waals surface area contributed by atoms with Crippen LogP contribution in [-0.4, -0.2) is 23.1 Å². The highest BCUT2D eigenvalue weighted by molar-refractivity contribution is 5.40. The van der Waals surface area contributed by atoms with Crippen LogP contribution in [-0.2, 0) is 0 Å². The van der Waals surface area contributed by atoms with E-state index in [0.717, 1.165) is 12.8 Å². The van der Waals surface area contributed by atoms with Gasteiger partial charge in [0.2, 0.25) is 0 Å². The van der Waals surface area contributed by atoms with Crippen LogP contribution < -0.4 is 4.90 Å². The van der Waals surface area contributed by atoms with Crippen molar-refractivity contribution in [1.82, 2.24) is 9.97 Å². The molecule has 0 unspecified atom stereocenters. The minimum atomic E-state index is -0.341. The standard InChI is InChI=1S/C8H10FN3/c1-12(6-2-3-6)8-7(9)4-10-5-11-8/h4-6H,2-3H2,1H3. The minimum absolute atomic E-state index is 0.341. The van der Waals surface area contributed by atoms with Gasteiger partial charge in [-0.1, -0.05) is 0 Å². The summed E-state index contributed by atoms with van der Waals surface area (Å²) in [7, 11) is 1.86. The van der Waals surface area contributed by atoms with Gasteiger partial charge in [0, 0.05) is 13.1 Å². The highest BCUT2D eigenvalue weighted by atomic mass is 19.1. The number of halogens is 1. The predicted octanol–water partition coefficient (Wildman–Crippen LogP) is 1.21. The van der Waals surface area contributed by atoms with Crippen LogP contribution in [0.5, 0.6) is 0 Å². The van der Waals surface area contributed by atoms with Gasteiger partial charge >= 0.3 is 0 Å². The molecule has 1 heterocycles. The molecule has 2 rings (SSSR count). The van der Waals surface area contributed by atoms with Crippen molar-refractivity contribution in [3.63, 3.8) is 0 Å². The number of hydrogen-bond acceptors (Lipinski definition) is 3. The number of anilines is 1. The molecule has 0 aromatic carbocycles. The second-order valence-electron chi connectivity index (χ2n) is 3.04. The van der Waals surface area contributed by atoms with E-state index in [1.165, 1.54) is 12.5 Å². The Kier molecular flexibility index (Phi) is 1.67. The lowest BCUT2D eigenvalue weighted by molar-refractivity contribution is 0.606. The van der Waals surface area contributed by atoms with Crippen LogP contribution in [0.4, 0.5) is 10.2 Å². The molecule has 3 nitrogen and oxygen atoms in total. The van der Waals surface area contributed by atoms with E-state index in [2.05, 4.69) is 9.97 Å². The molecule has 1 aromatic rings. The molecule has 1 aliphatic carbocycles. The molecule has 4 heteroatoms. The normalized spacial score (nSPS) is 16.2. The third kappa shape index (κ3) is 1.24. The quantitative estimate of drug-likeness (QED) is 0.663. The van der Waals surface area contributed by atoms with Crippen molar-refractivity contribution < 1.29 is 4.39 Å². The molecule has 0 aliphatic heterocycles. The number of hydrogen-bond donors (Lipinski definition) is 0. The second kappa shape index (κ2) is 2.69. The number of rotatable bonds is 2. The summed E-state index contributed by atoms with van der Waals surface area (Å²) < 4.78 is 13.1. The van der Waals surface area contributed by atoms with Gasteiger partial charge in [-0.2, -0.15) is 0 Å². The lowest BCUT2D eigenvalue weighted by atomic mass is 10.5. The summed E-state index contributed by atoms with van der Waals surface area (Å²) in [6.45, 7) is 0. The second-order valence-corrected chi connectivity index (χ2v) is 3.04. The smallest absolute Gasteiger partial charge is 0.183 e. The first-order chi connectivity index (χ1) is 5.79. The van der Waals surface area contributed by atoms with Gasteiger partial charge < -0.3 is 4.90 Å². The summed E-state index contributed by atoms with van der Waals surface area (Å²) in [5.41, 5.74) is 0. The Morgan fingerprint density at radius 1 is 1.58 bits per heavy atom. The minimum Gasteiger partial charge on any atom is -0.354 e. The first kappa shape index (κ1) is 7.46. The molecule has 0 radical (unpaired) electrons. The molecule has 0 atom stereocenters. The van der Waals surface area contributed by atoms with Crippen molar-refractivity contribution in [2.24, 2.45) is 0 Å². The van der Waals surface area contributed by atoms with E-state index in [4.69, 9.17) is 0 Å². The van der Waals surface area contributed by atoms with Crippen LogP contribution in [0.1, 0.15) is 12.8 Å². The van der Waals surface area contributed by atoms with Gasteiger partial charge in [-0.05, 0) is 12.8 Å². The first-order valence-corrected chi connectivity index (χ1v) is 3.97. The van der Waals surface area contributed by atoms with Gasteiger partial charge in [0.15, 0.2) is 11.6 Å². The highest BCUT2D eigenvalue weighted by Crippen LogP contribution is 2.29. The van der Waals surface area contributed by atoms with Crippen LogP contribution in [0.2, 0.25) is 0 Å². The topological polar surface area (TPSA) is 29.0 Å². The molecular formula is C8H10FN3. The van der Waals surface area contributed by atoms with Crippen molar-refractivity contribution in [3.05, 3.63) is 18.3 Å². The molecule has 1 aliphatic rings. The first-order valence-electron chi connectivity index (χ1n) is 3.97. The molecule has 0 spiro atoms. The van der Waals surface area contributed by atoms with Crippen molar-refractivity contribution in [1.29, 1.82) is 0 Å². The summed E-state index contributed by atoms with van der Waals surface area (Å²) in [5, 5.41) is 0. The summed E-state index contributed by atoms with van der Waals surface area (Å²) in [6, 6.07) is 0.481. The molecule has 0 bridgehead atoms. The van der Waals surface area contributed by atoms with Crippen LogP contribution in [0.15, 0.2) is 12.5 Å². The molecular weight excluding hydrogens is 157 g/mol. The molecule has 0 saturated heterocycles.